The van der Waals surface area contributed by atoms with Gasteiger partial charge in [0.15, 0.2) is 0 Å². The van der Waals surface area contributed by atoms with E-state index in [9.17, 15) is 0 Å². The quantitative estimate of drug-likeness (QED) is 0.492. The second kappa shape index (κ2) is 9.11. The molecule has 0 radical (unpaired) electrons. The molecular weight excluding hydrogens is 306 g/mol. The summed E-state index contributed by atoms with van der Waals surface area (Å²) in [4.78, 5) is 0. The molecular formula is C19H38B2N4. The maximum absolute atomic E-state index is 3.50. The van der Waals surface area contributed by atoms with Crippen molar-refractivity contribution in [2.45, 2.75) is 66.5 Å². The maximum Gasteiger partial charge on any atom is 0.313 e. The smallest absolute Gasteiger partial charge is 0.313 e. The lowest BCUT2D eigenvalue weighted by atomic mass is 9.64. The Labute approximate surface area is 156 Å². The summed E-state index contributed by atoms with van der Waals surface area (Å²) in [6.45, 7) is 18.5. The van der Waals surface area contributed by atoms with Gasteiger partial charge < -0.3 is 15.4 Å². The van der Waals surface area contributed by atoms with Crippen molar-refractivity contribution in [3.63, 3.8) is 0 Å². The average molecular weight is 344 g/mol. The first kappa shape index (κ1) is 22.1. The summed E-state index contributed by atoms with van der Waals surface area (Å²) in [5.74, 6) is 1.10. The van der Waals surface area contributed by atoms with Crippen molar-refractivity contribution in [3.8, 4) is 0 Å². The highest BCUT2D eigenvalue weighted by molar-refractivity contribution is 6.68. The number of hydrogen-bond donors (Lipinski definition) is 3. The van der Waals surface area contributed by atoms with E-state index in [0.29, 0.717) is 18.8 Å². The third-order valence-corrected chi connectivity index (χ3v) is 5.47. The van der Waals surface area contributed by atoms with Gasteiger partial charge in [-0.1, -0.05) is 67.3 Å². The molecule has 0 aliphatic rings. The molecule has 3 N–H and O–H groups in total. The standard InChI is InChI=1S/C19H38B2N4/c1-14(2)15(3)17-12-11-16(19(4,5)6)13-18(17)23-24-21(8)25(10)20(7)22-9/h11-15,22-24H,1-10H3. The molecule has 1 unspecified atom stereocenters. The molecule has 140 valence electrons. The normalized spacial score (nSPS) is 13.3. The molecule has 1 atom stereocenters. The fourth-order valence-corrected chi connectivity index (χ4v) is 2.71. The molecule has 6 heteroatoms. The van der Waals surface area contributed by atoms with Crippen LogP contribution in [0.4, 0.5) is 5.69 Å². The highest BCUT2D eigenvalue weighted by Crippen LogP contribution is 2.33. The van der Waals surface area contributed by atoms with E-state index < -0.39 is 0 Å². The molecule has 1 aromatic rings. The third kappa shape index (κ3) is 6.05. The molecule has 0 bridgehead atoms. The minimum absolute atomic E-state index is 0.138. The molecule has 25 heavy (non-hydrogen) atoms. The van der Waals surface area contributed by atoms with Crippen LogP contribution in [0.25, 0.3) is 0 Å². The minimum Gasteiger partial charge on any atom is -0.358 e. The molecule has 0 aromatic heterocycles. The van der Waals surface area contributed by atoms with Gasteiger partial charge in [0, 0.05) is 0 Å². The highest BCUT2D eigenvalue weighted by Gasteiger charge is 2.23. The van der Waals surface area contributed by atoms with Crippen molar-refractivity contribution < 1.29 is 0 Å². The predicted octanol–water partition coefficient (Wildman–Crippen LogP) is 4.05. The number of nitrogens with one attached hydrogen (secondary N) is 3. The van der Waals surface area contributed by atoms with Crippen LogP contribution in [0.3, 0.4) is 0 Å². The zero-order chi connectivity index (χ0) is 19.4. The van der Waals surface area contributed by atoms with E-state index in [4.69, 9.17) is 0 Å². The lowest BCUT2D eigenvalue weighted by Crippen LogP contribution is -2.57. The van der Waals surface area contributed by atoms with Crippen LogP contribution in [0.1, 0.15) is 58.6 Å². The first-order valence-corrected chi connectivity index (χ1v) is 9.54. The van der Waals surface area contributed by atoms with Crippen molar-refractivity contribution in [1.82, 2.24) is 15.3 Å². The molecule has 0 aliphatic carbocycles. The van der Waals surface area contributed by atoms with Crippen LogP contribution < -0.4 is 16.0 Å². The summed E-state index contributed by atoms with van der Waals surface area (Å²) in [6.07, 6.45) is 0. The van der Waals surface area contributed by atoms with Crippen molar-refractivity contribution in [2.75, 3.05) is 19.5 Å². The molecule has 0 saturated heterocycles. The SMILES string of the molecule is CNB(C)N(C)B(C)NNc1cc(C(C)(C)C)ccc1C(C)C(C)C. The summed E-state index contributed by atoms with van der Waals surface area (Å²) in [6, 6.07) is 6.87. The van der Waals surface area contributed by atoms with Crippen molar-refractivity contribution in [3.05, 3.63) is 29.3 Å². The number of nitrogens with zero attached hydrogens (tertiary/aromatic N) is 1. The van der Waals surface area contributed by atoms with Crippen molar-refractivity contribution in [2.24, 2.45) is 5.92 Å². The Morgan fingerprint density at radius 2 is 1.64 bits per heavy atom. The lowest BCUT2D eigenvalue weighted by molar-refractivity contribution is 0.534. The summed E-state index contributed by atoms with van der Waals surface area (Å²) >= 11 is 0. The van der Waals surface area contributed by atoms with Crippen molar-refractivity contribution in [1.29, 1.82) is 0 Å². The van der Waals surface area contributed by atoms with Gasteiger partial charge in [-0.15, -0.1) is 0 Å². The average Bonchev–Trinajstić information content (AvgIpc) is 2.56. The fraction of sp³-hybridized carbons (Fsp3) is 0.684. The van der Waals surface area contributed by atoms with E-state index >= 15 is 0 Å². The Morgan fingerprint density at radius 1 is 1.04 bits per heavy atom. The summed E-state index contributed by atoms with van der Waals surface area (Å²) in [5, 5.41) is 6.74. The van der Waals surface area contributed by atoms with Crippen LogP contribution >= 0.6 is 0 Å². The Bertz CT molecular complexity index is 543. The van der Waals surface area contributed by atoms with Crippen LogP contribution in [0.15, 0.2) is 18.2 Å². The second-order valence-corrected chi connectivity index (χ2v) is 8.66. The third-order valence-electron chi connectivity index (χ3n) is 5.47. The lowest BCUT2D eigenvalue weighted by Gasteiger charge is -2.29. The van der Waals surface area contributed by atoms with Gasteiger partial charge in [0.05, 0.1) is 5.69 Å². The Balaban J connectivity index is 3.05. The first-order chi connectivity index (χ1) is 11.5. The number of benzene rings is 1. The van der Waals surface area contributed by atoms with Gasteiger partial charge in [0.25, 0.3) is 6.98 Å². The molecule has 1 aromatic carbocycles. The number of anilines is 1. The summed E-state index contributed by atoms with van der Waals surface area (Å²) < 4.78 is 2.26. The maximum atomic E-state index is 3.50. The van der Waals surface area contributed by atoms with Gasteiger partial charge in [-0.3, -0.25) is 5.34 Å². The second-order valence-electron chi connectivity index (χ2n) is 8.66. The highest BCUT2D eigenvalue weighted by atomic mass is 15.4. The molecule has 4 nitrogen and oxygen atoms in total. The van der Waals surface area contributed by atoms with Gasteiger partial charge >= 0.3 is 6.98 Å². The molecule has 0 amide bonds. The van der Waals surface area contributed by atoms with Crippen molar-refractivity contribution >= 4 is 19.7 Å². The largest absolute Gasteiger partial charge is 0.358 e. The van der Waals surface area contributed by atoms with Crippen LogP contribution in [0, 0.1) is 5.92 Å². The number of hydrazine groups is 1. The minimum atomic E-state index is 0.138. The molecule has 1 rings (SSSR count). The molecule has 0 fully saturated rings. The zero-order valence-electron chi connectivity index (χ0n) is 18.0. The molecule has 0 aliphatic heterocycles. The fourth-order valence-electron chi connectivity index (χ4n) is 2.71. The van der Waals surface area contributed by atoms with Gasteiger partial charge in [-0.25, -0.2) is 0 Å². The number of hydrogen-bond acceptors (Lipinski definition) is 4. The summed E-state index contributed by atoms with van der Waals surface area (Å²) in [7, 11) is 4.10. The van der Waals surface area contributed by atoms with Gasteiger partial charge in [0.1, 0.15) is 0 Å². The number of rotatable bonds is 8. The zero-order valence-corrected chi connectivity index (χ0v) is 18.0. The van der Waals surface area contributed by atoms with Gasteiger partial charge in [0.2, 0.25) is 0 Å². The van der Waals surface area contributed by atoms with E-state index in [1.807, 2.05) is 7.05 Å². The Kier molecular flexibility index (Phi) is 8.04. The van der Waals surface area contributed by atoms with E-state index in [-0.39, 0.29) is 12.4 Å². The first-order valence-electron chi connectivity index (χ1n) is 9.54. The van der Waals surface area contributed by atoms with E-state index in [1.54, 1.807) is 0 Å². The summed E-state index contributed by atoms with van der Waals surface area (Å²) in [5.41, 5.74) is 7.54. The Hall–Kier alpha value is -0.970. The topological polar surface area (TPSA) is 39.3 Å². The molecule has 0 saturated carbocycles. The monoisotopic (exact) mass is 344 g/mol. The van der Waals surface area contributed by atoms with Gasteiger partial charge in [-0.2, -0.15) is 0 Å². The van der Waals surface area contributed by atoms with Gasteiger partial charge in [-0.05, 0) is 48.5 Å². The molecule has 0 heterocycles. The van der Waals surface area contributed by atoms with E-state index in [2.05, 4.69) is 101 Å². The van der Waals surface area contributed by atoms with Crippen LogP contribution in [0.5, 0.6) is 0 Å². The Morgan fingerprint density at radius 3 is 2.12 bits per heavy atom. The van der Waals surface area contributed by atoms with Crippen LogP contribution in [-0.2, 0) is 5.41 Å². The van der Waals surface area contributed by atoms with E-state index in [1.165, 1.54) is 16.8 Å². The predicted molar refractivity (Wildman–Crippen MR) is 115 cm³/mol. The molecule has 0 spiro atoms. The van der Waals surface area contributed by atoms with Crippen LogP contribution in [-0.4, -0.2) is 32.8 Å². The van der Waals surface area contributed by atoms with Crippen LogP contribution in [0.2, 0.25) is 13.6 Å². The van der Waals surface area contributed by atoms with E-state index in [0.717, 1.165) is 0 Å².